The van der Waals surface area contributed by atoms with Crippen molar-refractivity contribution in [2.75, 3.05) is 5.73 Å². The van der Waals surface area contributed by atoms with E-state index in [0.29, 0.717) is 12.1 Å². The summed E-state index contributed by atoms with van der Waals surface area (Å²) in [4.78, 5) is 19.5. The molecule has 3 rings (SSSR count). The summed E-state index contributed by atoms with van der Waals surface area (Å²) in [5.74, 6) is -6.39. The summed E-state index contributed by atoms with van der Waals surface area (Å²) < 4.78 is 92.4. The van der Waals surface area contributed by atoms with Crippen molar-refractivity contribution in [3.8, 4) is 17.6 Å². The van der Waals surface area contributed by atoms with E-state index in [4.69, 9.17) is 11.0 Å². The van der Waals surface area contributed by atoms with E-state index in [9.17, 15) is 35.2 Å². The van der Waals surface area contributed by atoms with Gasteiger partial charge in [-0.2, -0.15) is 23.7 Å². The maximum Gasteiger partial charge on any atom is 0.573 e. The summed E-state index contributed by atoms with van der Waals surface area (Å²) in [5.41, 5.74) is 5.15. The highest BCUT2D eigenvalue weighted by Gasteiger charge is 2.34. The summed E-state index contributed by atoms with van der Waals surface area (Å²) in [5, 5.41) is 15.2. The minimum Gasteiger partial charge on any atom is -0.406 e. The molecule has 0 fully saturated rings. The van der Waals surface area contributed by atoms with Crippen molar-refractivity contribution in [2.45, 2.75) is 30.0 Å². The summed E-state index contributed by atoms with van der Waals surface area (Å²) in [6, 6.07) is 4.88. The quantitative estimate of drug-likeness (QED) is 0.436. The molecule has 1 amide bonds. The van der Waals surface area contributed by atoms with Gasteiger partial charge in [0.25, 0.3) is 5.91 Å². The zero-order valence-electron chi connectivity index (χ0n) is 17.9. The number of nitrogen functional groups attached to an aromatic ring is 1. The van der Waals surface area contributed by atoms with Gasteiger partial charge >= 0.3 is 12.1 Å². The molecule has 0 aliphatic carbocycles. The molecular weight excluding hydrogens is 517 g/mol. The summed E-state index contributed by atoms with van der Waals surface area (Å²) in [7, 11) is -5.37. The summed E-state index contributed by atoms with van der Waals surface area (Å²) in [6.07, 6.45) is -4.06. The van der Waals surface area contributed by atoms with Crippen LogP contribution in [0.15, 0.2) is 41.4 Å². The fourth-order valence-electron chi connectivity index (χ4n) is 2.87. The van der Waals surface area contributed by atoms with Crippen LogP contribution in [0.3, 0.4) is 0 Å². The van der Waals surface area contributed by atoms with Crippen LogP contribution < -0.4 is 15.8 Å². The van der Waals surface area contributed by atoms with E-state index in [1.165, 1.54) is 25.3 Å². The molecule has 190 valence electrons. The predicted molar refractivity (Wildman–Crippen MR) is 110 cm³/mol. The van der Waals surface area contributed by atoms with Gasteiger partial charge in [-0.3, -0.25) is 4.79 Å². The number of carbonyl (C=O) groups is 1. The molecule has 0 bridgehead atoms. The third-order valence-electron chi connectivity index (χ3n) is 4.42. The first kappa shape index (κ1) is 26.3. The first-order valence-corrected chi connectivity index (χ1v) is 11.1. The maximum atomic E-state index is 13.0. The van der Waals surface area contributed by atoms with Gasteiger partial charge in [0, 0.05) is 11.8 Å². The molecule has 1 atom stereocenters. The number of ether oxygens (including phenoxy) is 1. The van der Waals surface area contributed by atoms with Crippen LogP contribution in [-0.2, 0) is 9.84 Å². The van der Waals surface area contributed by atoms with E-state index in [2.05, 4.69) is 25.1 Å². The number of anilines is 1. The number of amides is 1. The number of carbonyl (C=O) groups excluding carboxylic acids is 1. The van der Waals surface area contributed by atoms with E-state index in [1.807, 2.05) is 6.07 Å². The smallest absolute Gasteiger partial charge is 0.406 e. The molecule has 2 heterocycles. The third-order valence-corrected chi connectivity index (χ3v) is 5.78. The Bertz CT molecular complexity index is 1430. The molecule has 36 heavy (non-hydrogen) atoms. The lowest BCUT2D eigenvalue weighted by Gasteiger charge is -2.16. The number of rotatable bonds is 7. The normalized spacial score (nSPS) is 12.7. The zero-order chi connectivity index (χ0) is 26.8. The van der Waals surface area contributed by atoms with Crippen molar-refractivity contribution in [2.24, 2.45) is 0 Å². The third kappa shape index (κ3) is 5.83. The van der Waals surface area contributed by atoms with Gasteiger partial charge in [-0.15, -0.1) is 18.3 Å². The van der Waals surface area contributed by atoms with Gasteiger partial charge in [-0.05, 0) is 37.3 Å². The van der Waals surface area contributed by atoms with E-state index in [1.54, 1.807) is 0 Å². The van der Waals surface area contributed by atoms with Gasteiger partial charge in [0.1, 0.15) is 11.8 Å². The molecule has 17 heteroatoms. The van der Waals surface area contributed by atoms with Crippen LogP contribution in [-0.4, -0.2) is 46.2 Å². The second kappa shape index (κ2) is 9.73. The average molecular weight is 531 g/mol. The first-order chi connectivity index (χ1) is 16.7. The van der Waals surface area contributed by atoms with Crippen LogP contribution in [0.1, 0.15) is 34.7 Å². The Kier molecular flexibility index (Phi) is 7.10. The number of nitriles is 1. The molecule has 0 radical (unpaired) electrons. The van der Waals surface area contributed by atoms with Crippen molar-refractivity contribution >= 4 is 21.7 Å². The summed E-state index contributed by atoms with van der Waals surface area (Å²) >= 11 is 0. The SMILES string of the molecule is C[C@H](NC(=O)c1cc(OC(F)(F)F)cc(S(=O)(=O)C(F)F)c1)c1nc(N)nn1-c1ccc(C#N)cn1. The van der Waals surface area contributed by atoms with Crippen molar-refractivity contribution in [3.05, 3.63) is 53.5 Å². The molecule has 3 aromatic rings. The molecule has 1 aromatic carbocycles. The second-order valence-corrected chi connectivity index (χ2v) is 8.92. The maximum absolute atomic E-state index is 13.0. The number of benzene rings is 1. The molecule has 0 unspecified atom stereocenters. The number of nitrogens with two attached hydrogens (primary N) is 1. The molecule has 0 aliphatic heterocycles. The highest BCUT2D eigenvalue weighted by atomic mass is 32.2. The van der Waals surface area contributed by atoms with Crippen LogP contribution in [0.5, 0.6) is 5.75 Å². The van der Waals surface area contributed by atoms with Crippen molar-refractivity contribution < 1.29 is 39.9 Å². The predicted octanol–water partition coefficient (Wildman–Crippen LogP) is 2.50. The van der Waals surface area contributed by atoms with Gasteiger partial charge in [0.15, 0.2) is 11.6 Å². The van der Waals surface area contributed by atoms with Gasteiger partial charge in [0.05, 0.1) is 16.5 Å². The van der Waals surface area contributed by atoms with Gasteiger partial charge in [0.2, 0.25) is 15.8 Å². The minimum atomic E-state index is -5.37. The fraction of sp³-hybridized carbons (Fsp3) is 0.211. The summed E-state index contributed by atoms with van der Waals surface area (Å²) in [6.45, 7) is 1.38. The highest BCUT2D eigenvalue weighted by molar-refractivity contribution is 7.91. The lowest BCUT2D eigenvalue weighted by Crippen LogP contribution is -2.29. The second-order valence-electron chi connectivity index (χ2n) is 7.00. The van der Waals surface area contributed by atoms with Crippen molar-refractivity contribution in [1.82, 2.24) is 25.1 Å². The number of alkyl halides is 5. The number of hydrogen-bond donors (Lipinski definition) is 2. The van der Waals surface area contributed by atoms with Crippen LogP contribution >= 0.6 is 0 Å². The Morgan fingerprint density at radius 1 is 1.25 bits per heavy atom. The molecule has 3 N–H and O–H groups in total. The van der Waals surface area contributed by atoms with Crippen LogP contribution in [0.25, 0.3) is 5.82 Å². The van der Waals surface area contributed by atoms with Gasteiger partial charge < -0.3 is 15.8 Å². The first-order valence-electron chi connectivity index (χ1n) is 9.54. The Morgan fingerprint density at radius 2 is 1.94 bits per heavy atom. The van der Waals surface area contributed by atoms with E-state index < -0.39 is 50.1 Å². The standard InChI is InChI=1S/C19H14F5N7O4S/c1-9(15-29-18(26)30-31(15)14-3-2-10(7-25)8-27-14)28-16(32)11-4-12(35-19(22,23)24)6-13(5-11)36(33,34)17(20)21/h2-6,8-9,17H,1H3,(H2,26,30)(H,28,32)/t9-/m0/s1. The Hall–Kier alpha value is -4.33. The van der Waals surface area contributed by atoms with Crippen LogP contribution in [0.4, 0.5) is 27.9 Å². The molecule has 11 nitrogen and oxygen atoms in total. The largest absolute Gasteiger partial charge is 0.573 e. The topological polar surface area (TPSA) is 166 Å². The molecule has 0 saturated heterocycles. The lowest BCUT2D eigenvalue weighted by molar-refractivity contribution is -0.274. The number of sulfone groups is 1. The van der Waals surface area contributed by atoms with Gasteiger partial charge in [-0.1, -0.05) is 0 Å². The molecule has 0 saturated carbocycles. The Balaban J connectivity index is 1.96. The molecule has 0 aliphatic rings. The highest BCUT2D eigenvalue weighted by Crippen LogP contribution is 2.29. The Labute approximate surface area is 199 Å². The van der Waals surface area contributed by atoms with E-state index >= 15 is 0 Å². The number of halogens is 5. The van der Waals surface area contributed by atoms with E-state index in [0.717, 1.165) is 4.68 Å². The van der Waals surface area contributed by atoms with Crippen molar-refractivity contribution in [1.29, 1.82) is 5.26 Å². The number of hydrogen-bond acceptors (Lipinski definition) is 9. The lowest BCUT2D eigenvalue weighted by atomic mass is 10.2. The minimum absolute atomic E-state index is 0.00109. The number of pyridine rings is 1. The van der Waals surface area contributed by atoms with Crippen LogP contribution in [0, 0.1) is 11.3 Å². The van der Waals surface area contributed by atoms with E-state index in [-0.39, 0.29) is 29.2 Å². The van der Waals surface area contributed by atoms with Crippen LogP contribution in [0.2, 0.25) is 0 Å². The number of aromatic nitrogens is 4. The molecule has 2 aromatic heterocycles. The zero-order valence-corrected chi connectivity index (χ0v) is 18.7. The number of nitrogens with zero attached hydrogens (tertiary/aromatic N) is 5. The number of nitrogens with one attached hydrogen (secondary N) is 1. The average Bonchev–Trinajstić information content (AvgIpc) is 3.19. The Morgan fingerprint density at radius 3 is 2.50 bits per heavy atom. The van der Waals surface area contributed by atoms with Gasteiger partial charge in [-0.25, -0.2) is 13.4 Å². The molecule has 0 spiro atoms. The monoisotopic (exact) mass is 531 g/mol. The molecular formula is C19H14F5N7O4S. The van der Waals surface area contributed by atoms with Crippen molar-refractivity contribution in [3.63, 3.8) is 0 Å². The fourth-order valence-corrected chi connectivity index (χ4v) is 3.65.